The predicted molar refractivity (Wildman–Crippen MR) is 86.8 cm³/mol. The first-order valence-electron chi connectivity index (χ1n) is 7.16. The zero-order valence-corrected chi connectivity index (χ0v) is 12.5. The van der Waals surface area contributed by atoms with Crippen LogP contribution in [-0.4, -0.2) is 20.7 Å². The van der Waals surface area contributed by atoms with Crippen LogP contribution in [0.3, 0.4) is 0 Å². The van der Waals surface area contributed by atoms with Crippen molar-refractivity contribution in [2.45, 2.75) is 6.54 Å². The summed E-state index contributed by atoms with van der Waals surface area (Å²) in [5.74, 6) is -1.08. The van der Waals surface area contributed by atoms with Crippen molar-refractivity contribution in [2.75, 3.05) is 5.32 Å². The Morgan fingerprint density at radius 3 is 2.58 bits per heavy atom. The normalized spacial score (nSPS) is 10.4. The van der Waals surface area contributed by atoms with E-state index in [2.05, 4.69) is 15.4 Å². The van der Waals surface area contributed by atoms with Crippen LogP contribution in [0.5, 0.6) is 0 Å². The van der Waals surface area contributed by atoms with E-state index in [0.717, 1.165) is 10.2 Å². The van der Waals surface area contributed by atoms with Gasteiger partial charge in [-0.05, 0) is 30.3 Å². The number of amides is 1. The van der Waals surface area contributed by atoms with Gasteiger partial charge in [-0.1, -0.05) is 12.1 Å². The second kappa shape index (κ2) is 6.82. The third-order valence-electron chi connectivity index (χ3n) is 3.28. The lowest BCUT2D eigenvalue weighted by atomic mass is 10.2. The number of halogens is 1. The average molecular weight is 324 g/mol. The van der Waals surface area contributed by atoms with Crippen molar-refractivity contribution in [3.05, 3.63) is 77.1 Å². The fourth-order valence-electron chi connectivity index (χ4n) is 2.13. The fraction of sp³-hybridized carbons (Fsp3) is 0.0588. The molecule has 0 fully saturated rings. The van der Waals surface area contributed by atoms with Crippen LogP contribution in [0.4, 0.5) is 10.1 Å². The lowest BCUT2D eigenvalue weighted by Crippen LogP contribution is -2.29. The molecule has 24 heavy (non-hydrogen) atoms. The van der Waals surface area contributed by atoms with E-state index in [4.69, 9.17) is 0 Å². The highest BCUT2D eigenvalue weighted by molar-refractivity contribution is 5.90. The van der Waals surface area contributed by atoms with Gasteiger partial charge in [-0.25, -0.2) is 9.07 Å². The zero-order chi connectivity index (χ0) is 16.9. The molecule has 6 nitrogen and oxygen atoms in total. The molecule has 7 heteroatoms. The molecule has 2 aromatic heterocycles. The number of hydrogen-bond acceptors (Lipinski definition) is 4. The topological polar surface area (TPSA) is 76.9 Å². The van der Waals surface area contributed by atoms with Gasteiger partial charge in [-0.15, -0.1) is 0 Å². The van der Waals surface area contributed by atoms with Gasteiger partial charge in [-0.2, -0.15) is 5.10 Å². The van der Waals surface area contributed by atoms with Crippen LogP contribution >= 0.6 is 0 Å². The zero-order valence-electron chi connectivity index (χ0n) is 12.5. The summed E-state index contributed by atoms with van der Waals surface area (Å²) in [6.45, 7) is -0.313. The van der Waals surface area contributed by atoms with E-state index < -0.39 is 17.3 Å². The second-order valence-electron chi connectivity index (χ2n) is 4.98. The van der Waals surface area contributed by atoms with Crippen molar-refractivity contribution in [3.63, 3.8) is 0 Å². The monoisotopic (exact) mass is 324 g/mol. The van der Waals surface area contributed by atoms with Gasteiger partial charge in [0.05, 0.1) is 11.4 Å². The van der Waals surface area contributed by atoms with Crippen LogP contribution in [0, 0.1) is 5.82 Å². The molecule has 1 aromatic carbocycles. The number of aromatic nitrogens is 3. The minimum atomic E-state index is -0.545. The molecule has 1 N–H and O–H groups in total. The highest BCUT2D eigenvalue weighted by Gasteiger charge is 2.10. The number of nitrogens with one attached hydrogen (secondary N) is 1. The molecule has 120 valence electrons. The number of hydrogen-bond donors (Lipinski definition) is 1. The molecule has 3 aromatic rings. The van der Waals surface area contributed by atoms with E-state index >= 15 is 0 Å². The minimum absolute atomic E-state index is 0.0563. The average Bonchev–Trinajstić information content (AvgIpc) is 2.60. The third kappa shape index (κ3) is 3.52. The summed E-state index contributed by atoms with van der Waals surface area (Å²) in [6.07, 6.45) is 3.22. The largest absolute Gasteiger partial charge is 0.322 e. The Balaban J connectivity index is 1.81. The van der Waals surface area contributed by atoms with E-state index in [1.165, 1.54) is 24.3 Å². The predicted octanol–water partition coefficient (Wildman–Crippen LogP) is 2.08. The lowest BCUT2D eigenvalue weighted by molar-refractivity contribution is -0.117. The van der Waals surface area contributed by atoms with Crippen molar-refractivity contribution in [2.24, 2.45) is 0 Å². The Bertz CT molecular complexity index is 925. The van der Waals surface area contributed by atoms with Gasteiger partial charge in [0.2, 0.25) is 5.91 Å². The summed E-state index contributed by atoms with van der Waals surface area (Å²) in [5.41, 5.74) is 0.946. The number of pyridine rings is 1. The maximum atomic E-state index is 13.5. The molecule has 0 atom stereocenters. The number of carbonyl (C=O) groups excluding carboxylic acids is 1. The van der Waals surface area contributed by atoms with Gasteiger partial charge in [-0.3, -0.25) is 14.6 Å². The summed E-state index contributed by atoms with van der Waals surface area (Å²) in [6, 6.07) is 12.2. The fourth-order valence-corrected chi connectivity index (χ4v) is 2.13. The molecular weight excluding hydrogens is 311 g/mol. The molecule has 0 saturated carbocycles. The van der Waals surface area contributed by atoms with Gasteiger partial charge in [0.15, 0.2) is 0 Å². The molecule has 0 radical (unpaired) electrons. The number of nitrogens with zero attached hydrogens (tertiary/aromatic N) is 3. The maximum absolute atomic E-state index is 13.5. The number of benzene rings is 1. The van der Waals surface area contributed by atoms with E-state index in [-0.39, 0.29) is 12.2 Å². The van der Waals surface area contributed by atoms with Gasteiger partial charge in [0.25, 0.3) is 5.56 Å². The van der Waals surface area contributed by atoms with Crippen molar-refractivity contribution < 1.29 is 9.18 Å². The number of carbonyl (C=O) groups is 1. The van der Waals surface area contributed by atoms with Crippen molar-refractivity contribution >= 4 is 11.6 Å². The van der Waals surface area contributed by atoms with Gasteiger partial charge in [0.1, 0.15) is 12.4 Å². The minimum Gasteiger partial charge on any atom is -0.322 e. The Morgan fingerprint density at radius 1 is 1.08 bits per heavy atom. The van der Waals surface area contributed by atoms with Crippen LogP contribution in [0.25, 0.3) is 11.3 Å². The quantitative estimate of drug-likeness (QED) is 0.797. The van der Waals surface area contributed by atoms with Gasteiger partial charge in [0, 0.05) is 24.0 Å². The smallest absolute Gasteiger partial charge is 0.267 e. The van der Waals surface area contributed by atoms with Crippen LogP contribution in [0.15, 0.2) is 65.7 Å². The van der Waals surface area contributed by atoms with E-state index in [1.807, 2.05) is 0 Å². The summed E-state index contributed by atoms with van der Waals surface area (Å²) >= 11 is 0. The van der Waals surface area contributed by atoms with E-state index in [1.54, 1.807) is 36.7 Å². The first-order chi connectivity index (χ1) is 11.6. The van der Waals surface area contributed by atoms with E-state index in [9.17, 15) is 14.0 Å². The molecule has 0 aliphatic heterocycles. The molecule has 2 heterocycles. The Labute approximate surface area is 136 Å². The highest BCUT2D eigenvalue weighted by atomic mass is 19.1. The molecule has 3 rings (SSSR count). The summed E-state index contributed by atoms with van der Waals surface area (Å²) in [4.78, 5) is 27.9. The molecular formula is C17H13FN4O2. The number of rotatable bonds is 4. The van der Waals surface area contributed by atoms with E-state index in [0.29, 0.717) is 5.69 Å². The molecule has 0 aliphatic rings. The van der Waals surface area contributed by atoms with Crippen LogP contribution in [0.2, 0.25) is 0 Å². The Morgan fingerprint density at radius 2 is 1.83 bits per heavy atom. The van der Waals surface area contributed by atoms with Crippen LogP contribution in [-0.2, 0) is 11.3 Å². The van der Waals surface area contributed by atoms with Crippen LogP contribution < -0.4 is 10.9 Å². The van der Waals surface area contributed by atoms with Crippen molar-refractivity contribution in [1.29, 1.82) is 0 Å². The SMILES string of the molecule is O=C(Cn1nc(-c2ccncc2)ccc1=O)Nc1ccccc1F. The summed E-state index contributed by atoms with van der Waals surface area (Å²) in [7, 11) is 0. The molecule has 0 spiro atoms. The Kier molecular flexibility index (Phi) is 4.42. The molecule has 0 unspecified atom stereocenters. The van der Waals surface area contributed by atoms with Crippen molar-refractivity contribution in [3.8, 4) is 11.3 Å². The molecule has 1 amide bonds. The summed E-state index contributed by atoms with van der Waals surface area (Å²) < 4.78 is 14.6. The highest BCUT2D eigenvalue weighted by Crippen LogP contribution is 2.14. The second-order valence-corrected chi connectivity index (χ2v) is 4.98. The molecule has 0 aliphatic carbocycles. The third-order valence-corrected chi connectivity index (χ3v) is 3.28. The Hall–Kier alpha value is -3.35. The van der Waals surface area contributed by atoms with Gasteiger partial charge < -0.3 is 5.32 Å². The standard InChI is InChI=1S/C17H13FN4O2/c18-13-3-1-2-4-15(13)20-16(23)11-22-17(24)6-5-14(21-22)12-7-9-19-10-8-12/h1-10H,11H2,(H,20,23). The summed E-state index contributed by atoms with van der Waals surface area (Å²) in [5, 5.41) is 6.59. The first-order valence-corrected chi connectivity index (χ1v) is 7.16. The number of anilines is 1. The lowest BCUT2D eigenvalue weighted by Gasteiger charge is -2.08. The molecule has 0 saturated heterocycles. The molecule has 0 bridgehead atoms. The first kappa shape index (κ1) is 15.5. The maximum Gasteiger partial charge on any atom is 0.267 e. The van der Waals surface area contributed by atoms with Crippen molar-refractivity contribution in [1.82, 2.24) is 14.8 Å². The van der Waals surface area contributed by atoms with Gasteiger partial charge >= 0.3 is 0 Å². The number of para-hydroxylation sites is 1. The van der Waals surface area contributed by atoms with Crippen LogP contribution in [0.1, 0.15) is 0 Å².